The van der Waals surface area contributed by atoms with Crippen molar-refractivity contribution in [3.8, 4) is 11.1 Å². The highest BCUT2D eigenvalue weighted by Crippen LogP contribution is 2.25. The summed E-state index contributed by atoms with van der Waals surface area (Å²) in [5.74, 6) is 0.566. The molecule has 0 aromatic heterocycles. The fraction of sp³-hybridized carbons (Fsp3) is 0.400. The van der Waals surface area contributed by atoms with Crippen LogP contribution in [0.4, 0.5) is 0 Å². The van der Waals surface area contributed by atoms with Crippen LogP contribution in [-0.4, -0.2) is 31.2 Å². The monoisotopic (exact) mass is 295 g/mol. The highest BCUT2D eigenvalue weighted by atomic mass is 16.5. The Morgan fingerprint density at radius 1 is 0.955 bits per heavy atom. The molecule has 0 radical (unpaired) electrons. The van der Waals surface area contributed by atoms with Crippen LogP contribution in [0.5, 0.6) is 0 Å². The van der Waals surface area contributed by atoms with Crippen molar-refractivity contribution in [2.24, 2.45) is 0 Å². The Morgan fingerprint density at radius 3 is 2.36 bits per heavy atom. The number of rotatable bonds is 4. The summed E-state index contributed by atoms with van der Waals surface area (Å²) >= 11 is 0. The highest BCUT2D eigenvalue weighted by Gasteiger charge is 2.11. The molecule has 2 aromatic rings. The van der Waals surface area contributed by atoms with Crippen LogP contribution in [0.3, 0.4) is 0 Å². The lowest BCUT2D eigenvalue weighted by atomic mass is 9.96. The third-order valence-electron chi connectivity index (χ3n) is 4.32. The Labute approximate surface area is 133 Å². The van der Waals surface area contributed by atoms with Crippen molar-refractivity contribution in [2.75, 3.05) is 26.3 Å². The van der Waals surface area contributed by atoms with Gasteiger partial charge in [-0.2, -0.15) is 0 Å². The summed E-state index contributed by atoms with van der Waals surface area (Å²) in [7, 11) is 0. The summed E-state index contributed by atoms with van der Waals surface area (Å²) in [4.78, 5) is 2.47. The van der Waals surface area contributed by atoms with Gasteiger partial charge in [-0.3, -0.25) is 4.90 Å². The molecular weight excluding hydrogens is 270 g/mol. The molecule has 2 aromatic carbocycles. The summed E-state index contributed by atoms with van der Waals surface area (Å²) in [6, 6.07) is 17.8. The van der Waals surface area contributed by atoms with Gasteiger partial charge in [0.05, 0.1) is 13.2 Å². The molecule has 3 rings (SSSR count). The van der Waals surface area contributed by atoms with Crippen molar-refractivity contribution in [3.05, 3.63) is 59.7 Å². The highest BCUT2D eigenvalue weighted by molar-refractivity contribution is 5.65. The standard InChI is InChI=1S/C20H25NO/c1-16(2)18-6-4-8-20(14-18)19-7-3-5-17(13-19)15-21-9-11-22-12-10-21/h3-8,13-14,16H,9-12,15H2,1-2H3. The van der Waals surface area contributed by atoms with Crippen LogP contribution in [0.15, 0.2) is 48.5 Å². The van der Waals surface area contributed by atoms with Gasteiger partial charge >= 0.3 is 0 Å². The van der Waals surface area contributed by atoms with Crippen LogP contribution in [0.25, 0.3) is 11.1 Å². The average Bonchev–Trinajstić information content (AvgIpc) is 2.56. The topological polar surface area (TPSA) is 12.5 Å². The molecule has 22 heavy (non-hydrogen) atoms. The third kappa shape index (κ3) is 3.76. The minimum absolute atomic E-state index is 0.566. The predicted octanol–water partition coefficient (Wildman–Crippen LogP) is 4.31. The van der Waals surface area contributed by atoms with Crippen molar-refractivity contribution >= 4 is 0 Å². The lowest BCUT2D eigenvalue weighted by Gasteiger charge is -2.26. The second kappa shape index (κ2) is 7.08. The number of hydrogen-bond donors (Lipinski definition) is 0. The van der Waals surface area contributed by atoms with Crippen LogP contribution in [0, 0.1) is 0 Å². The number of nitrogens with zero attached hydrogens (tertiary/aromatic N) is 1. The Bertz CT molecular complexity index is 615. The van der Waals surface area contributed by atoms with Crippen LogP contribution < -0.4 is 0 Å². The average molecular weight is 295 g/mol. The summed E-state index contributed by atoms with van der Waals surface area (Å²) in [5.41, 5.74) is 5.41. The van der Waals surface area contributed by atoms with E-state index in [9.17, 15) is 0 Å². The van der Waals surface area contributed by atoms with Crippen molar-refractivity contribution < 1.29 is 4.74 Å². The van der Waals surface area contributed by atoms with Gasteiger partial charge in [0.15, 0.2) is 0 Å². The molecular formula is C20H25NO. The number of ether oxygens (including phenoxy) is 1. The molecule has 0 aliphatic carbocycles. The van der Waals surface area contributed by atoms with E-state index in [4.69, 9.17) is 4.74 Å². The Morgan fingerprint density at radius 2 is 1.64 bits per heavy atom. The third-order valence-corrected chi connectivity index (χ3v) is 4.32. The zero-order valence-corrected chi connectivity index (χ0v) is 13.6. The maximum Gasteiger partial charge on any atom is 0.0594 e. The normalized spacial score (nSPS) is 16.1. The van der Waals surface area contributed by atoms with Crippen molar-refractivity contribution in [1.82, 2.24) is 4.90 Å². The Balaban J connectivity index is 1.79. The smallest absolute Gasteiger partial charge is 0.0594 e. The fourth-order valence-corrected chi connectivity index (χ4v) is 2.94. The van der Waals surface area contributed by atoms with E-state index in [2.05, 4.69) is 67.3 Å². The van der Waals surface area contributed by atoms with E-state index >= 15 is 0 Å². The first-order valence-electron chi connectivity index (χ1n) is 8.22. The number of morpholine rings is 1. The van der Waals surface area contributed by atoms with Crippen LogP contribution >= 0.6 is 0 Å². The summed E-state index contributed by atoms with van der Waals surface area (Å²) in [5, 5.41) is 0. The summed E-state index contributed by atoms with van der Waals surface area (Å²) in [6.45, 7) is 9.29. The molecule has 1 heterocycles. The van der Waals surface area contributed by atoms with E-state index in [1.165, 1.54) is 22.3 Å². The fourth-order valence-electron chi connectivity index (χ4n) is 2.94. The molecule has 0 N–H and O–H groups in total. The molecule has 0 spiro atoms. The van der Waals surface area contributed by atoms with E-state index in [0.29, 0.717) is 5.92 Å². The van der Waals surface area contributed by atoms with E-state index in [0.717, 1.165) is 32.8 Å². The molecule has 2 nitrogen and oxygen atoms in total. The molecule has 1 saturated heterocycles. The van der Waals surface area contributed by atoms with E-state index < -0.39 is 0 Å². The molecule has 0 atom stereocenters. The lowest BCUT2D eigenvalue weighted by molar-refractivity contribution is 0.0342. The zero-order valence-electron chi connectivity index (χ0n) is 13.6. The van der Waals surface area contributed by atoms with Gasteiger partial charge in [-0.1, -0.05) is 56.3 Å². The zero-order chi connectivity index (χ0) is 15.4. The first-order valence-corrected chi connectivity index (χ1v) is 8.22. The van der Waals surface area contributed by atoms with Gasteiger partial charge in [0.25, 0.3) is 0 Å². The molecule has 0 bridgehead atoms. The second-order valence-electron chi connectivity index (χ2n) is 6.37. The summed E-state index contributed by atoms with van der Waals surface area (Å²) < 4.78 is 5.42. The Hall–Kier alpha value is -1.64. The van der Waals surface area contributed by atoms with Crippen LogP contribution in [-0.2, 0) is 11.3 Å². The Kier molecular flexibility index (Phi) is 4.91. The molecule has 0 saturated carbocycles. The minimum atomic E-state index is 0.566. The SMILES string of the molecule is CC(C)c1cccc(-c2cccc(CN3CCOCC3)c2)c1. The lowest BCUT2D eigenvalue weighted by Crippen LogP contribution is -2.35. The van der Waals surface area contributed by atoms with Gasteiger partial charge in [0, 0.05) is 19.6 Å². The number of hydrogen-bond acceptors (Lipinski definition) is 2. The van der Waals surface area contributed by atoms with Crippen molar-refractivity contribution in [2.45, 2.75) is 26.3 Å². The first kappa shape index (κ1) is 15.3. The predicted molar refractivity (Wildman–Crippen MR) is 92.1 cm³/mol. The van der Waals surface area contributed by atoms with Crippen molar-refractivity contribution in [1.29, 1.82) is 0 Å². The van der Waals surface area contributed by atoms with E-state index in [1.54, 1.807) is 0 Å². The molecule has 1 aliphatic rings. The minimum Gasteiger partial charge on any atom is -0.379 e. The van der Waals surface area contributed by atoms with Crippen LogP contribution in [0.1, 0.15) is 30.9 Å². The van der Waals surface area contributed by atoms with Crippen molar-refractivity contribution in [3.63, 3.8) is 0 Å². The van der Waals surface area contributed by atoms with Gasteiger partial charge in [-0.15, -0.1) is 0 Å². The quantitative estimate of drug-likeness (QED) is 0.833. The summed E-state index contributed by atoms with van der Waals surface area (Å²) in [6.07, 6.45) is 0. The maximum atomic E-state index is 5.42. The van der Waals surface area contributed by atoms with Gasteiger partial charge in [0.1, 0.15) is 0 Å². The molecule has 0 amide bonds. The first-order chi connectivity index (χ1) is 10.7. The largest absolute Gasteiger partial charge is 0.379 e. The molecule has 0 unspecified atom stereocenters. The van der Waals surface area contributed by atoms with Gasteiger partial charge in [-0.05, 0) is 34.2 Å². The van der Waals surface area contributed by atoms with Gasteiger partial charge < -0.3 is 4.74 Å². The van der Waals surface area contributed by atoms with Crippen LogP contribution in [0.2, 0.25) is 0 Å². The molecule has 1 aliphatic heterocycles. The van der Waals surface area contributed by atoms with E-state index in [1.807, 2.05) is 0 Å². The maximum absolute atomic E-state index is 5.42. The van der Waals surface area contributed by atoms with E-state index in [-0.39, 0.29) is 0 Å². The molecule has 116 valence electrons. The molecule has 2 heteroatoms. The molecule has 1 fully saturated rings. The van der Waals surface area contributed by atoms with Gasteiger partial charge in [0.2, 0.25) is 0 Å². The number of benzene rings is 2. The van der Waals surface area contributed by atoms with Gasteiger partial charge in [-0.25, -0.2) is 0 Å². The second-order valence-corrected chi connectivity index (χ2v) is 6.37.